The molecular formula is C15H24ClN3O. The molecule has 0 amide bonds. The first kappa shape index (κ1) is 15.4. The fourth-order valence-electron chi connectivity index (χ4n) is 2.99. The van der Waals surface area contributed by atoms with Crippen LogP contribution in [-0.2, 0) is 0 Å². The van der Waals surface area contributed by atoms with Gasteiger partial charge in [-0.05, 0) is 44.9 Å². The van der Waals surface area contributed by atoms with E-state index < -0.39 is 0 Å². The van der Waals surface area contributed by atoms with Crippen molar-refractivity contribution >= 4 is 17.3 Å². The predicted octanol–water partition coefficient (Wildman–Crippen LogP) is 3.71. The number of anilines is 1. The van der Waals surface area contributed by atoms with Gasteiger partial charge in [0.15, 0.2) is 0 Å². The van der Waals surface area contributed by atoms with E-state index in [0.717, 1.165) is 12.3 Å². The van der Waals surface area contributed by atoms with Gasteiger partial charge in [0.2, 0.25) is 0 Å². The maximum absolute atomic E-state index is 12.1. The third-order valence-electron chi connectivity index (χ3n) is 4.21. The Hall–Kier alpha value is -1.03. The lowest BCUT2D eigenvalue weighted by Crippen LogP contribution is -2.34. The zero-order valence-corrected chi connectivity index (χ0v) is 13.4. The lowest BCUT2D eigenvalue weighted by Gasteiger charge is -2.33. The normalized spacial score (nSPS) is 26.8. The Labute approximate surface area is 125 Å². The molecule has 1 heterocycles. The molecule has 4 nitrogen and oxygen atoms in total. The number of hydrogen-bond donors (Lipinski definition) is 1. The van der Waals surface area contributed by atoms with Crippen LogP contribution in [0.3, 0.4) is 0 Å². The molecule has 0 aromatic carbocycles. The van der Waals surface area contributed by atoms with Crippen LogP contribution in [0.1, 0.15) is 53.0 Å². The molecule has 1 aromatic rings. The number of rotatable bonds is 3. The zero-order chi connectivity index (χ0) is 14.9. The van der Waals surface area contributed by atoms with Crippen LogP contribution in [-0.4, -0.2) is 15.8 Å². The lowest BCUT2D eigenvalue weighted by atomic mass is 9.80. The van der Waals surface area contributed by atoms with E-state index in [4.69, 9.17) is 11.6 Å². The van der Waals surface area contributed by atoms with Gasteiger partial charge in [-0.15, -0.1) is 0 Å². The minimum absolute atomic E-state index is 0.0171. The number of hydrogen-bond acceptors (Lipinski definition) is 3. The van der Waals surface area contributed by atoms with Crippen molar-refractivity contribution in [2.24, 2.45) is 11.8 Å². The second-order valence-electron chi connectivity index (χ2n) is 6.36. The first-order valence-electron chi connectivity index (χ1n) is 7.44. The largest absolute Gasteiger partial charge is 0.379 e. The van der Waals surface area contributed by atoms with E-state index >= 15 is 0 Å². The summed E-state index contributed by atoms with van der Waals surface area (Å²) in [5, 5.41) is 7.87. The highest BCUT2D eigenvalue weighted by Crippen LogP contribution is 2.31. The molecule has 112 valence electrons. The predicted molar refractivity (Wildman–Crippen MR) is 83.5 cm³/mol. The molecule has 20 heavy (non-hydrogen) atoms. The van der Waals surface area contributed by atoms with Crippen molar-refractivity contribution in [3.8, 4) is 0 Å². The van der Waals surface area contributed by atoms with Gasteiger partial charge in [-0.1, -0.05) is 25.4 Å². The summed E-state index contributed by atoms with van der Waals surface area (Å²) in [5.41, 5.74) is 0.448. The van der Waals surface area contributed by atoms with Crippen LogP contribution in [0.25, 0.3) is 0 Å². The van der Waals surface area contributed by atoms with E-state index in [2.05, 4.69) is 24.3 Å². The Morgan fingerprint density at radius 2 is 2.10 bits per heavy atom. The van der Waals surface area contributed by atoms with Crippen molar-refractivity contribution in [1.29, 1.82) is 0 Å². The van der Waals surface area contributed by atoms with Crippen LogP contribution >= 0.6 is 11.6 Å². The van der Waals surface area contributed by atoms with E-state index in [9.17, 15) is 4.79 Å². The van der Waals surface area contributed by atoms with Crippen molar-refractivity contribution < 1.29 is 0 Å². The molecule has 1 N–H and O–H groups in total. The lowest BCUT2D eigenvalue weighted by molar-refractivity contribution is 0.276. The second kappa shape index (κ2) is 6.17. The average molecular weight is 298 g/mol. The van der Waals surface area contributed by atoms with Crippen LogP contribution in [0, 0.1) is 11.8 Å². The van der Waals surface area contributed by atoms with E-state index in [1.54, 1.807) is 6.20 Å². The first-order valence-corrected chi connectivity index (χ1v) is 7.81. The second-order valence-corrected chi connectivity index (χ2v) is 6.74. The topological polar surface area (TPSA) is 46.9 Å². The number of halogens is 1. The Bertz CT molecular complexity index is 526. The Kier molecular flexibility index (Phi) is 4.74. The van der Waals surface area contributed by atoms with Crippen molar-refractivity contribution in [2.75, 3.05) is 5.32 Å². The van der Waals surface area contributed by atoms with E-state index in [0.29, 0.717) is 17.6 Å². The van der Waals surface area contributed by atoms with Gasteiger partial charge in [-0.2, -0.15) is 5.10 Å². The third-order valence-corrected chi connectivity index (χ3v) is 4.57. The van der Waals surface area contributed by atoms with Gasteiger partial charge in [0.1, 0.15) is 5.02 Å². The Balaban J connectivity index is 2.18. The van der Waals surface area contributed by atoms with E-state index in [1.807, 2.05) is 13.8 Å². The minimum Gasteiger partial charge on any atom is -0.379 e. The third kappa shape index (κ3) is 3.17. The fraction of sp³-hybridized carbons (Fsp3) is 0.733. The summed E-state index contributed by atoms with van der Waals surface area (Å²) in [4.78, 5) is 12.1. The molecule has 2 rings (SSSR count). The molecule has 1 saturated carbocycles. The first-order chi connectivity index (χ1) is 9.40. The van der Waals surface area contributed by atoms with Crippen molar-refractivity contribution in [3.63, 3.8) is 0 Å². The van der Waals surface area contributed by atoms with Gasteiger partial charge in [0.05, 0.1) is 17.9 Å². The number of nitrogens with one attached hydrogen (secondary N) is 1. The van der Waals surface area contributed by atoms with Crippen LogP contribution in [0.4, 0.5) is 5.69 Å². The van der Waals surface area contributed by atoms with Crippen LogP contribution < -0.4 is 10.9 Å². The molecule has 0 bridgehead atoms. The minimum atomic E-state index is -0.219. The van der Waals surface area contributed by atoms with Crippen LogP contribution in [0.15, 0.2) is 11.0 Å². The highest BCUT2D eigenvalue weighted by molar-refractivity contribution is 6.32. The zero-order valence-electron chi connectivity index (χ0n) is 12.7. The maximum atomic E-state index is 12.1. The molecule has 1 aliphatic carbocycles. The SMILES string of the molecule is CC1CCC(Nc2cnn(C(C)C)c(=O)c2Cl)C(C)C1. The van der Waals surface area contributed by atoms with Gasteiger partial charge in [-0.25, -0.2) is 4.68 Å². The number of nitrogens with zero attached hydrogens (tertiary/aromatic N) is 2. The maximum Gasteiger partial charge on any atom is 0.287 e. The van der Waals surface area contributed by atoms with Gasteiger partial charge < -0.3 is 5.32 Å². The molecule has 1 fully saturated rings. The molecule has 0 spiro atoms. The molecular weight excluding hydrogens is 274 g/mol. The molecule has 0 aliphatic heterocycles. The monoisotopic (exact) mass is 297 g/mol. The summed E-state index contributed by atoms with van der Waals surface area (Å²) >= 11 is 6.20. The van der Waals surface area contributed by atoms with E-state index in [1.165, 1.54) is 17.5 Å². The van der Waals surface area contributed by atoms with Crippen molar-refractivity contribution in [1.82, 2.24) is 9.78 Å². The van der Waals surface area contributed by atoms with Gasteiger partial charge in [0, 0.05) is 6.04 Å². The number of aromatic nitrogens is 2. The standard InChI is InChI=1S/C15H24ClN3O/c1-9(2)19-15(20)14(16)13(8-17-19)18-12-6-5-10(3)7-11(12)4/h8-12,18H,5-7H2,1-4H3. The smallest absolute Gasteiger partial charge is 0.287 e. The highest BCUT2D eigenvalue weighted by Gasteiger charge is 2.26. The molecule has 0 radical (unpaired) electrons. The summed E-state index contributed by atoms with van der Waals surface area (Å²) < 4.78 is 1.42. The van der Waals surface area contributed by atoms with Crippen molar-refractivity contribution in [3.05, 3.63) is 21.6 Å². The van der Waals surface area contributed by atoms with Gasteiger partial charge >= 0.3 is 0 Å². The van der Waals surface area contributed by atoms with Crippen LogP contribution in [0.2, 0.25) is 5.02 Å². The summed E-state index contributed by atoms with van der Waals surface area (Å²) in [6, 6.07) is 0.392. The summed E-state index contributed by atoms with van der Waals surface area (Å²) in [6.45, 7) is 8.39. The Morgan fingerprint density at radius 1 is 1.40 bits per heavy atom. The van der Waals surface area contributed by atoms with E-state index in [-0.39, 0.29) is 16.6 Å². The highest BCUT2D eigenvalue weighted by atomic mass is 35.5. The molecule has 0 saturated heterocycles. The molecule has 1 aromatic heterocycles. The quantitative estimate of drug-likeness (QED) is 0.925. The molecule has 3 atom stereocenters. The average Bonchev–Trinajstić information content (AvgIpc) is 2.37. The summed E-state index contributed by atoms with van der Waals surface area (Å²) in [7, 11) is 0. The molecule has 5 heteroatoms. The molecule has 1 aliphatic rings. The van der Waals surface area contributed by atoms with Gasteiger partial charge in [0.25, 0.3) is 5.56 Å². The van der Waals surface area contributed by atoms with Crippen LogP contribution in [0.5, 0.6) is 0 Å². The van der Waals surface area contributed by atoms with Gasteiger partial charge in [-0.3, -0.25) is 4.79 Å². The summed E-state index contributed by atoms with van der Waals surface area (Å²) in [5.74, 6) is 1.37. The Morgan fingerprint density at radius 3 is 2.70 bits per heavy atom. The van der Waals surface area contributed by atoms with Crippen molar-refractivity contribution in [2.45, 2.75) is 59.0 Å². The summed E-state index contributed by atoms with van der Waals surface area (Å²) in [6.07, 6.45) is 5.22. The fourth-order valence-corrected chi connectivity index (χ4v) is 3.18. The molecule has 3 unspecified atom stereocenters.